The fourth-order valence-electron chi connectivity index (χ4n) is 3.17. The number of fused-ring (bicyclic) bond motifs is 1. The number of amides is 4. The first-order valence-electron chi connectivity index (χ1n) is 8.93. The summed E-state index contributed by atoms with van der Waals surface area (Å²) in [7, 11) is 1.52. The van der Waals surface area contributed by atoms with E-state index in [1.807, 2.05) is 36.4 Å². The van der Waals surface area contributed by atoms with E-state index in [4.69, 9.17) is 4.74 Å². The Morgan fingerprint density at radius 3 is 2.45 bits per heavy atom. The average Bonchev–Trinajstić information content (AvgIpc) is 2.74. The molecule has 4 rings (SSSR count). The Hall–Kier alpha value is -4.00. The number of nitrogens with one attached hydrogen (secondary N) is 1. The van der Waals surface area contributed by atoms with E-state index in [1.165, 1.54) is 13.3 Å². The van der Waals surface area contributed by atoms with Crippen molar-refractivity contribution in [2.75, 3.05) is 12.0 Å². The van der Waals surface area contributed by atoms with Crippen molar-refractivity contribution in [2.24, 2.45) is 10.9 Å². The lowest BCUT2D eigenvalue weighted by atomic mass is 10.1. The minimum absolute atomic E-state index is 0.337. The Balaban J connectivity index is 1.65. The van der Waals surface area contributed by atoms with E-state index >= 15 is 0 Å². The summed E-state index contributed by atoms with van der Waals surface area (Å²) in [5.41, 5.74) is 0.973. The quantitative estimate of drug-likeness (QED) is 0.549. The minimum Gasteiger partial charge on any atom is -0.497 e. The molecule has 1 saturated heterocycles. The monoisotopic (exact) mass is 387 g/mol. The van der Waals surface area contributed by atoms with E-state index < -0.39 is 23.8 Å². The zero-order valence-corrected chi connectivity index (χ0v) is 15.5. The van der Waals surface area contributed by atoms with Gasteiger partial charge in [-0.15, -0.1) is 0 Å². The van der Waals surface area contributed by atoms with Crippen LogP contribution in [-0.4, -0.2) is 31.2 Å². The van der Waals surface area contributed by atoms with Gasteiger partial charge >= 0.3 is 6.03 Å². The summed E-state index contributed by atoms with van der Waals surface area (Å²) in [4.78, 5) is 42.8. The van der Waals surface area contributed by atoms with Crippen molar-refractivity contribution in [2.45, 2.75) is 0 Å². The van der Waals surface area contributed by atoms with Crippen molar-refractivity contribution in [3.8, 4) is 5.75 Å². The molecule has 1 fully saturated rings. The van der Waals surface area contributed by atoms with Gasteiger partial charge in [0.1, 0.15) is 5.75 Å². The molecule has 0 radical (unpaired) electrons. The number of ether oxygens (including phenoxy) is 1. The van der Waals surface area contributed by atoms with E-state index in [0.717, 1.165) is 15.7 Å². The zero-order valence-electron chi connectivity index (χ0n) is 15.5. The van der Waals surface area contributed by atoms with Crippen LogP contribution in [0.15, 0.2) is 71.7 Å². The number of methoxy groups -OCH3 is 1. The molecule has 0 bridgehead atoms. The standard InChI is InChI=1S/C22H17N3O4/c1-29-16-11-9-15(10-12-16)25-21(27)18(20(26)24-22(25)28)13-23-19-8-4-6-14-5-2-3-7-17(14)19/h2-13,18H,1H3,(H,24,26,28)/t18-/m1/s1. The Morgan fingerprint density at radius 2 is 1.69 bits per heavy atom. The largest absolute Gasteiger partial charge is 0.497 e. The zero-order chi connectivity index (χ0) is 20.4. The fraction of sp³-hybridized carbons (Fsp3) is 0.0909. The molecule has 1 aliphatic rings. The number of rotatable bonds is 4. The fourth-order valence-corrected chi connectivity index (χ4v) is 3.17. The average molecular weight is 387 g/mol. The second-order valence-electron chi connectivity index (χ2n) is 6.42. The summed E-state index contributed by atoms with van der Waals surface area (Å²) in [5, 5.41) is 4.11. The van der Waals surface area contributed by atoms with Gasteiger partial charge in [-0.2, -0.15) is 0 Å². The maximum atomic E-state index is 12.9. The van der Waals surface area contributed by atoms with E-state index in [9.17, 15) is 14.4 Å². The maximum absolute atomic E-state index is 12.9. The molecule has 0 aliphatic carbocycles. The number of anilines is 1. The second-order valence-corrected chi connectivity index (χ2v) is 6.42. The molecule has 7 heteroatoms. The maximum Gasteiger partial charge on any atom is 0.335 e. The van der Waals surface area contributed by atoms with Crippen molar-refractivity contribution >= 4 is 46.2 Å². The van der Waals surface area contributed by atoms with Gasteiger partial charge in [-0.3, -0.25) is 19.9 Å². The molecule has 1 aliphatic heterocycles. The number of nitrogens with zero attached hydrogens (tertiary/aromatic N) is 2. The lowest BCUT2D eigenvalue weighted by Gasteiger charge is -2.28. The van der Waals surface area contributed by atoms with Gasteiger partial charge in [-0.05, 0) is 35.7 Å². The summed E-state index contributed by atoms with van der Waals surface area (Å²) in [5.74, 6) is -1.99. The van der Waals surface area contributed by atoms with Crippen LogP contribution >= 0.6 is 0 Å². The Morgan fingerprint density at radius 1 is 0.966 bits per heavy atom. The normalized spacial score (nSPS) is 17.1. The van der Waals surface area contributed by atoms with Crippen molar-refractivity contribution in [3.63, 3.8) is 0 Å². The topological polar surface area (TPSA) is 88.1 Å². The number of aliphatic imine (C=N–C) groups is 1. The van der Waals surface area contributed by atoms with Crippen LogP contribution in [0.5, 0.6) is 5.75 Å². The van der Waals surface area contributed by atoms with Gasteiger partial charge in [-0.25, -0.2) is 9.69 Å². The lowest BCUT2D eigenvalue weighted by Crippen LogP contribution is -2.58. The van der Waals surface area contributed by atoms with Crippen LogP contribution in [0.1, 0.15) is 0 Å². The highest BCUT2D eigenvalue weighted by molar-refractivity contribution is 6.32. The highest BCUT2D eigenvalue weighted by Crippen LogP contribution is 2.27. The highest BCUT2D eigenvalue weighted by atomic mass is 16.5. The summed E-state index contributed by atoms with van der Waals surface area (Å²) in [6.07, 6.45) is 1.28. The third-order valence-electron chi connectivity index (χ3n) is 4.66. The number of hydrogen-bond donors (Lipinski definition) is 1. The molecule has 29 heavy (non-hydrogen) atoms. The van der Waals surface area contributed by atoms with Gasteiger partial charge in [0.25, 0.3) is 5.91 Å². The minimum atomic E-state index is -1.21. The van der Waals surface area contributed by atoms with Gasteiger partial charge in [0.2, 0.25) is 5.91 Å². The Labute approximate surface area is 166 Å². The van der Waals surface area contributed by atoms with Crippen LogP contribution in [0.3, 0.4) is 0 Å². The van der Waals surface area contributed by atoms with Crippen molar-refractivity contribution in [3.05, 3.63) is 66.7 Å². The van der Waals surface area contributed by atoms with E-state index in [1.54, 1.807) is 30.3 Å². The molecule has 1 heterocycles. The first kappa shape index (κ1) is 18.4. The summed E-state index contributed by atoms with van der Waals surface area (Å²) in [6.45, 7) is 0. The predicted octanol–water partition coefficient (Wildman–Crippen LogP) is 3.45. The van der Waals surface area contributed by atoms with Crippen molar-refractivity contribution in [1.29, 1.82) is 0 Å². The number of urea groups is 1. The lowest BCUT2D eigenvalue weighted by molar-refractivity contribution is -0.131. The number of carbonyl (C=O) groups is 3. The number of imide groups is 2. The van der Waals surface area contributed by atoms with Crippen LogP contribution in [-0.2, 0) is 9.59 Å². The molecule has 0 aromatic heterocycles. The molecule has 0 unspecified atom stereocenters. The van der Waals surface area contributed by atoms with Crippen molar-refractivity contribution < 1.29 is 19.1 Å². The molecule has 1 atom stereocenters. The summed E-state index contributed by atoms with van der Waals surface area (Å²) in [6, 6.07) is 18.9. The number of barbiturate groups is 1. The number of benzene rings is 3. The first-order valence-corrected chi connectivity index (χ1v) is 8.93. The van der Waals surface area contributed by atoms with Gasteiger partial charge in [0, 0.05) is 11.6 Å². The van der Waals surface area contributed by atoms with E-state index in [2.05, 4.69) is 10.3 Å². The second kappa shape index (κ2) is 7.55. The molecule has 7 nitrogen and oxygen atoms in total. The third kappa shape index (κ3) is 3.45. The van der Waals surface area contributed by atoms with Crippen LogP contribution < -0.4 is 15.0 Å². The molecular formula is C22H17N3O4. The van der Waals surface area contributed by atoms with Gasteiger partial charge in [-0.1, -0.05) is 36.4 Å². The van der Waals surface area contributed by atoms with E-state index in [-0.39, 0.29) is 0 Å². The van der Waals surface area contributed by atoms with Crippen LogP contribution in [0.4, 0.5) is 16.2 Å². The van der Waals surface area contributed by atoms with Gasteiger partial charge < -0.3 is 4.74 Å². The van der Waals surface area contributed by atoms with Crippen LogP contribution in [0.2, 0.25) is 0 Å². The van der Waals surface area contributed by atoms with Crippen molar-refractivity contribution in [1.82, 2.24) is 5.32 Å². The molecule has 4 amide bonds. The van der Waals surface area contributed by atoms with Gasteiger partial charge in [0.05, 0.1) is 18.5 Å². The van der Waals surface area contributed by atoms with Gasteiger partial charge in [0.15, 0.2) is 5.92 Å². The Bertz CT molecular complexity index is 1130. The summed E-state index contributed by atoms with van der Waals surface area (Å²) >= 11 is 0. The molecule has 0 saturated carbocycles. The molecule has 144 valence electrons. The summed E-state index contributed by atoms with van der Waals surface area (Å²) < 4.78 is 5.09. The van der Waals surface area contributed by atoms with E-state index in [0.29, 0.717) is 17.1 Å². The number of hydrogen-bond acceptors (Lipinski definition) is 5. The smallest absolute Gasteiger partial charge is 0.335 e. The first-order chi connectivity index (χ1) is 14.1. The SMILES string of the molecule is COc1ccc(N2C(=O)NC(=O)[C@@H](C=Nc3cccc4ccccc34)C2=O)cc1. The molecule has 3 aromatic rings. The third-order valence-corrected chi connectivity index (χ3v) is 4.66. The predicted molar refractivity (Wildman–Crippen MR) is 110 cm³/mol. The van der Waals surface area contributed by atoms with Crippen LogP contribution in [0, 0.1) is 5.92 Å². The number of carbonyl (C=O) groups excluding carboxylic acids is 3. The Kier molecular flexibility index (Phi) is 4.78. The van der Waals surface area contributed by atoms with Crippen LogP contribution in [0.25, 0.3) is 10.8 Å². The molecule has 0 spiro atoms. The molecular weight excluding hydrogens is 370 g/mol. The molecule has 1 N–H and O–H groups in total. The molecule has 3 aromatic carbocycles. The highest BCUT2D eigenvalue weighted by Gasteiger charge is 2.40.